The van der Waals surface area contributed by atoms with Gasteiger partial charge in [0.1, 0.15) is 5.75 Å². The van der Waals surface area contributed by atoms with Crippen LogP contribution in [0.4, 0.5) is 16.2 Å². The van der Waals surface area contributed by atoms with Gasteiger partial charge < -0.3 is 20.3 Å². The van der Waals surface area contributed by atoms with Gasteiger partial charge in [-0.1, -0.05) is 41.4 Å². The first-order valence-corrected chi connectivity index (χ1v) is 11.9. The molecule has 2 fully saturated rings. The van der Waals surface area contributed by atoms with Crippen molar-refractivity contribution in [1.29, 1.82) is 0 Å². The minimum atomic E-state index is -0.172. The summed E-state index contributed by atoms with van der Waals surface area (Å²) in [5, 5.41) is 7.20. The number of carbonyl (C=O) groups is 1. The van der Waals surface area contributed by atoms with Crippen LogP contribution in [0.2, 0.25) is 10.0 Å². The fraction of sp³-hybridized carbons (Fsp3) is 0.458. The number of anilines is 2. The Balaban J connectivity index is 1.13. The van der Waals surface area contributed by atoms with Crippen molar-refractivity contribution in [3.05, 3.63) is 52.5 Å². The van der Waals surface area contributed by atoms with Crippen LogP contribution in [0.15, 0.2) is 42.5 Å². The van der Waals surface area contributed by atoms with Crippen LogP contribution in [-0.4, -0.2) is 56.8 Å². The molecule has 1 aliphatic carbocycles. The summed E-state index contributed by atoms with van der Waals surface area (Å²) in [6.07, 6.45) is 3.25. The molecule has 2 aromatic carbocycles. The summed E-state index contributed by atoms with van der Waals surface area (Å²) in [6.45, 7) is 5.06. The molecule has 6 nitrogen and oxygen atoms in total. The molecule has 2 amide bonds. The lowest BCUT2D eigenvalue weighted by molar-refractivity contribution is 0.172. The van der Waals surface area contributed by atoms with Crippen molar-refractivity contribution in [2.24, 2.45) is 5.92 Å². The van der Waals surface area contributed by atoms with Crippen LogP contribution >= 0.6 is 23.2 Å². The van der Waals surface area contributed by atoms with Crippen molar-refractivity contribution in [2.45, 2.75) is 25.3 Å². The van der Waals surface area contributed by atoms with E-state index in [0.29, 0.717) is 27.4 Å². The number of benzene rings is 2. The van der Waals surface area contributed by atoms with E-state index in [1.807, 2.05) is 42.5 Å². The second kappa shape index (κ2) is 10.6. The summed E-state index contributed by atoms with van der Waals surface area (Å²) in [6, 6.07) is 13.3. The van der Waals surface area contributed by atoms with Crippen molar-refractivity contribution < 1.29 is 9.53 Å². The number of rotatable bonds is 7. The first kappa shape index (κ1) is 23.0. The van der Waals surface area contributed by atoms with Crippen LogP contribution in [0.3, 0.4) is 0 Å². The zero-order valence-electron chi connectivity index (χ0n) is 18.3. The van der Waals surface area contributed by atoms with E-state index in [4.69, 9.17) is 27.9 Å². The third-order valence-corrected chi connectivity index (χ3v) is 7.23. The molecular formula is C24H30Cl2N4O2. The van der Waals surface area contributed by atoms with Gasteiger partial charge in [-0.15, -0.1) is 0 Å². The summed E-state index contributed by atoms with van der Waals surface area (Å²) in [4.78, 5) is 17.1. The Morgan fingerprint density at radius 3 is 2.56 bits per heavy atom. The monoisotopic (exact) mass is 476 g/mol. The number of carbonyl (C=O) groups excluding carboxylic acids is 1. The van der Waals surface area contributed by atoms with Gasteiger partial charge in [0.25, 0.3) is 0 Å². The van der Waals surface area contributed by atoms with E-state index in [1.54, 1.807) is 7.11 Å². The predicted octanol–water partition coefficient (Wildman–Crippen LogP) is 5.11. The molecule has 0 atom stereocenters. The van der Waals surface area contributed by atoms with E-state index in [0.717, 1.165) is 51.3 Å². The molecule has 32 heavy (non-hydrogen) atoms. The number of methoxy groups -OCH3 is 1. The van der Waals surface area contributed by atoms with Gasteiger partial charge in [-0.3, -0.25) is 4.90 Å². The van der Waals surface area contributed by atoms with E-state index in [2.05, 4.69) is 20.4 Å². The van der Waals surface area contributed by atoms with Gasteiger partial charge in [0.05, 0.1) is 28.5 Å². The van der Waals surface area contributed by atoms with Crippen molar-refractivity contribution in [2.75, 3.05) is 50.1 Å². The van der Waals surface area contributed by atoms with Gasteiger partial charge in [0.15, 0.2) is 0 Å². The topological polar surface area (TPSA) is 56.8 Å². The molecule has 4 rings (SSSR count). The number of piperazine rings is 1. The number of nitrogens with zero attached hydrogens (tertiary/aromatic N) is 2. The van der Waals surface area contributed by atoms with Gasteiger partial charge in [0.2, 0.25) is 0 Å². The maximum atomic E-state index is 12.3. The number of amides is 2. The summed E-state index contributed by atoms with van der Waals surface area (Å²) < 4.78 is 5.28. The highest BCUT2D eigenvalue weighted by atomic mass is 35.5. The van der Waals surface area contributed by atoms with E-state index in [1.165, 1.54) is 6.42 Å². The first-order valence-electron chi connectivity index (χ1n) is 11.2. The largest absolute Gasteiger partial charge is 0.495 e. The minimum Gasteiger partial charge on any atom is -0.495 e. The highest BCUT2D eigenvalue weighted by Crippen LogP contribution is 2.34. The van der Waals surface area contributed by atoms with Crippen LogP contribution in [0.1, 0.15) is 19.3 Å². The number of hydrogen-bond donors (Lipinski definition) is 2. The zero-order chi connectivity index (χ0) is 22.5. The van der Waals surface area contributed by atoms with Crippen LogP contribution in [0, 0.1) is 5.92 Å². The van der Waals surface area contributed by atoms with E-state index < -0.39 is 0 Å². The fourth-order valence-electron chi connectivity index (χ4n) is 4.50. The molecular weight excluding hydrogens is 447 g/mol. The predicted molar refractivity (Wildman–Crippen MR) is 131 cm³/mol. The highest BCUT2D eigenvalue weighted by molar-refractivity contribution is 6.43. The third-order valence-electron chi connectivity index (χ3n) is 6.42. The zero-order valence-corrected chi connectivity index (χ0v) is 19.8. The maximum absolute atomic E-state index is 12.3. The summed E-state index contributed by atoms with van der Waals surface area (Å²) >= 11 is 12.5. The van der Waals surface area contributed by atoms with Crippen molar-refractivity contribution in [3.8, 4) is 5.75 Å². The summed E-state index contributed by atoms with van der Waals surface area (Å²) in [5.74, 6) is 1.33. The third kappa shape index (κ3) is 5.61. The average Bonchev–Trinajstić information content (AvgIpc) is 2.78. The second-order valence-electron chi connectivity index (χ2n) is 8.52. The summed E-state index contributed by atoms with van der Waals surface area (Å²) in [5.41, 5.74) is 1.71. The van der Waals surface area contributed by atoms with Crippen LogP contribution in [-0.2, 0) is 0 Å². The van der Waals surface area contributed by atoms with Gasteiger partial charge in [-0.2, -0.15) is 0 Å². The molecule has 0 unspecified atom stereocenters. The lowest BCUT2D eigenvalue weighted by Gasteiger charge is -2.39. The number of nitrogens with one attached hydrogen (secondary N) is 2. The SMILES string of the molecule is COc1ccccc1NC(=O)NC1CC(CCN2CCN(c3cccc(Cl)c3Cl)CC2)C1. The maximum Gasteiger partial charge on any atom is 0.319 e. The van der Waals surface area contributed by atoms with Crippen LogP contribution < -0.4 is 20.3 Å². The lowest BCUT2D eigenvalue weighted by Crippen LogP contribution is -2.49. The molecule has 1 saturated carbocycles. The number of hydrogen-bond acceptors (Lipinski definition) is 4. The van der Waals surface area contributed by atoms with Gasteiger partial charge in [-0.05, 0) is 56.0 Å². The molecule has 172 valence electrons. The Kier molecular flexibility index (Phi) is 7.66. The molecule has 1 heterocycles. The molecule has 1 saturated heterocycles. The molecule has 2 aliphatic rings. The Labute approximate surface area is 199 Å². The average molecular weight is 477 g/mol. The van der Waals surface area contributed by atoms with E-state index in [-0.39, 0.29) is 12.1 Å². The number of para-hydroxylation sites is 2. The molecule has 0 aromatic heterocycles. The standard InChI is InChI=1S/C24H30Cl2N4O2/c1-32-22-8-3-2-6-20(22)28-24(31)27-18-15-17(16-18)9-10-29-11-13-30(14-12-29)21-7-4-5-19(25)23(21)26/h2-8,17-18H,9-16H2,1H3,(H2,27,28,31). The van der Waals surface area contributed by atoms with Gasteiger partial charge >= 0.3 is 6.03 Å². The molecule has 0 bridgehead atoms. The molecule has 0 radical (unpaired) electrons. The quantitative estimate of drug-likeness (QED) is 0.582. The van der Waals surface area contributed by atoms with E-state index in [9.17, 15) is 4.79 Å². The number of halogens is 2. The van der Waals surface area contributed by atoms with Crippen molar-refractivity contribution in [1.82, 2.24) is 10.2 Å². The van der Waals surface area contributed by atoms with Gasteiger partial charge in [0, 0.05) is 32.2 Å². The number of urea groups is 1. The Bertz CT molecular complexity index is 928. The molecule has 1 aliphatic heterocycles. The smallest absolute Gasteiger partial charge is 0.319 e. The lowest BCUT2D eigenvalue weighted by atomic mass is 9.78. The number of ether oxygens (including phenoxy) is 1. The Hall–Kier alpha value is -2.15. The van der Waals surface area contributed by atoms with Crippen molar-refractivity contribution >= 4 is 40.6 Å². The molecule has 8 heteroatoms. The fourth-order valence-corrected chi connectivity index (χ4v) is 4.91. The molecule has 0 spiro atoms. The van der Waals surface area contributed by atoms with E-state index >= 15 is 0 Å². The van der Waals surface area contributed by atoms with Gasteiger partial charge in [-0.25, -0.2) is 4.79 Å². The molecule has 2 aromatic rings. The van der Waals surface area contributed by atoms with Crippen LogP contribution in [0.5, 0.6) is 5.75 Å². The first-order chi connectivity index (χ1) is 15.5. The molecule has 2 N–H and O–H groups in total. The van der Waals surface area contributed by atoms with Crippen molar-refractivity contribution in [3.63, 3.8) is 0 Å². The highest BCUT2D eigenvalue weighted by Gasteiger charge is 2.31. The second-order valence-corrected chi connectivity index (χ2v) is 9.31. The normalized spacial score (nSPS) is 21.0. The van der Waals surface area contributed by atoms with Crippen LogP contribution in [0.25, 0.3) is 0 Å². The Morgan fingerprint density at radius 2 is 1.81 bits per heavy atom. The Morgan fingerprint density at radius 1 is 1.06 bits per heavy atom. The minimum absolute atomic E-state index is 0.172. The summed E-state index contributed by atoms with van der Waals surface area (Å²) in [7, 11) is 1.60.